The van der Waals surface area contributed by atoms with Crippen molar-refractivity contribution in [3.8, 4) is 5.88 Å². The van der Waals surface area contributed by atoms with Gasteiger partial charge in [0.25, 0.3) is 5.91 Å². The number of nitrogens with zero attached hydrogens (tertiary/aromatic N) is 4. The highest BCUT2D eigenvalue weighted by molar-refractivity contribution is 5.93. The Morgan fingerprint density at radius 3 is 2.69 bits per heavy atom. The first-order chi connectivity index (χ1) is 12.6. The van der Waals surface area contributed by atoms with Gasteiger partial charge in [-0.2, -0.15) is 0 Å². The number of fused-ring (bicyclic) bond motifs is 1. The highest BCUT2D eigenvalue weighted by Crippen LogP contribution is 2.21. The summed E-state index contributed by atoms with van der Waals surface area (Å²) in [4.78, 5) is 14.7. The summed E-state index contributed by atoms with van der Waals surface area (Å²) in [7, 11) is 1.92. The van der Waals surface area contributed by atoms with Crippen molar-refractivity contribution >= 4 is 5.91 Å². The Bertz CT molecular complexity index is 927. The molecule has 3 aromatic rings. The van der Waals surface area contributed by atoms with Gasteiger partial charge in [0.15, 0.2) is 0 Å². The molecule has 134 valence electrons. The molecule has 0 N–H and O–H groups in total. The Balaban J connectivity index is 1.45. The largest absolute Gasteiger partial charge is 0.472 e. The van der Waals surface area contributed by atoms with Gasteiger partial charge in [-0.1, -0.05) is 30.3 Å². The van der Waals surface area contributed by atoms with E-state index in [1.165, 1.54) is 0 Å². The summed E-state index contributed by atoms with van der Waals surface area (Å²) in [6.07, 6.45) is 0. The van der Waals surface area contributed by atoms with E-state index in [1.54, 1.807) is 0 Å². The fourth-order valence-corrected chi connectivity index (χ4v) is 3.21. The maximum atomic E-state index is 12.8. The summed E-state index contributed by atoms with van der Waals surface area (Å²) in [5.74, 6) is 0.660. The minimum Gasteiger partial charge on any atom is -0.472 e. The topological polar surface area (TPSA) is 52.3 Å². The number of benzene rings is 1. The number of hydrogen-bond donors (Lipinski definition) is 0. The maximum Gasteiger partial charge on any atom is 0.270 e. The van der Waals surface area contributed by atoms with Gasteiger partial charge in [0, 0.05) is 25.4 Å². The molecule has 0 aliphatic carbocycles. The molecular formula is C20H22N4O2. The van der Waals surface area contributed by atoms with Crippen LogP contribution in [0.1, 0.15) is 27.4 Å². The molecule has 1 aliphatic rings. The average molecular weight is 350 g/mol. The van der Waals surface area contributed by atoms with E-state index in [0.29, 0.717) is 32.1 Å². The van der Waals surface area contributed by atoms with Gasteiger partial charge in [0.1, 0.15) is 12.3 Å². The summed E-state index contributed by atoms with van der Waals surface area (Å²) in [6, 6.07) is 15.8. The standard InChI is InChI=1S/C20H22N4O2/c1-15-8-9-18(22(15)2)20(25)23-10-11-24-17(13-23)12-19(21-24)26-14-16-6-4-3-5-7-16/h3-9,12H,10-11,13-14H2,1-2H3. The average Bonchev–Trinajstić information content (AvgIpc) is 3.23. The summed E-state index contributed by atoms with van der Waals surface area (Å²) >= 11 is 0. The normalized spacial score (nSPS) is 13.5. The predicted octanol–water partition coefficient (Wildman–Crippen LogP) is 2.77. The second kappa shape index (κ2) is 6.71. The van der Waals surface area contributed by atoms with Crippen molar-refractivity contribution in [2.75, 3.05) is 6.54 Å². The first-order valence-electron chi connectivity index (χ1n) is 8.77. The van der Waals surface area contributed by atoms with Crippen molar-refractivity contribution in [2.24, 2.45) is 7.05 Å². The molecule has 0 saturated heterocycles. The smallest absolute Gasteiger partial charge is 0.270 e. The van der Waals surface area contributed by atoms with Gasteiger partial charge in [0.05, 0.1) is 18.8 Å². The molecule has 1 amide bonds. The Labute approximate surface area is 152 Å². The van der Waals surface area contributed by atoms with E-state index in [9.17, 15) is 4.79 Å². The molecular weight excluding hydrogens is 328 g/mol. The Morgan fingerprint density at radius 1 is 1.15 bits per heavy atom. The molecule has 0 bridgehead atoms. The molecule has 2 aromatic heterocycles. The van der Waals surface area contributed by atoms with Crippen molar-refractivity contribution in [1.82, 2.24) is 19.2 Å². The first kappa shape index (κ1) is 16.4. The molecule has 6 nitrogen and oxygen atoms in total. The van der Waals surface area contributed by atoms with Gasteiger partial charge in [-0.15, -0.1) is 5.10 Å². The Morgan fingerprint density at radius 2 is 1.96 bits per heavy atom. The van der Waals surface area contributed by atoms with Gasteiger partial charge in [-0.3, -0.25) is 9.48 Å². The summed E-state index contributed by atoms with van der Waals surface area (Å²) in [5.41, 5.74) is 3.90. The predicted molar refractivity (Wildman–Crippen MR) is 97.9 cm³/mol. The number of hydrogen-bond acceptors (Lipinski definition) is 3. The minimum absolute atomic E-state index is 0.0554. The van der Waals surface area contributed by atoms with Crippen molar-refractivity contribution in [1.29, 1.82) is 0 Å². The number of aryl methyl sites for hydroxylation is 1. The van der Waals surface area contributed by atoms with Crippen molar-refractivity contribution < 1.29 is 9.53 Å². The lowest BCUT2D eigenvalue weighted by Gasteiger charge is -2.27. The molecule has 0 fully saturated rings. The SMILES string of the molecule is Cc1ccc(C(=O)N2CCn3nc(OCc4ccccc4)cc3C2)n1C. The Kier molecular flexibility index (Phi) is 4.24. The molecule has 0 radical (unpaired) electrons. The van der Waals surface area contributed by atoms with Gasteiger partial charge in [0.2, 0.25) is 5.88 Å². The zero-order valence-corrected chi connectivity index (χ0v) is 15.1. The van der Waals surface area contributed by atoms with Crippen LogP contribution in [0.5, 0.6) is 5.88 Å². The molecule has 0 saturated carbocycles. The van der Waals surface area contributed by atoms with Crippen LogP contribution in [-0.4, -0.2) is 31.7 Å². The van der Waals surface area contributed by atoms with Crippen LogP contribution in [0.25, 0.3) is 0 Å². The van der Waals surface area contributed by atoms with Crippen LogP contribution in [0.15, 0.2) is 48.5 Å². The van der Waals surface area contributed by atoms with Crippen LogP contribution in [-0.2, 0) is 26.7 Å². The molecule has 0 unspecified atom stereocenters. The van der Waals surface area contributed by atoms with E-state index in [4.69, 9.17) is 4.74 Å². The first-order valence-corrected chi connectivity index (χ1v) is 8.77. The zero-order chi connectivity index (χ0) is 18.1. The number of carbonyl (C=O) groups is 1. The van der Waals surface area contributed by atoms with Gasteiger partial charge in [-0.05, 0) is 24.6 Å². The van der Waals surface area contributed by atoms with Crippen LogP contribution in [0.2, 0.25) is 0 Å². The molecule has 1 aromatic carbocycles. The van der Waals surface area contributed by atoms with Crippen LogP contribution in [0, 0.1) is 6.92 Å². The van der Waals surface area contributed by atoms with Crippen LogP contribution >= 0.6 is 0 Å². The molecule has 1 aliphatic heterocycles. The number of carbonyl (C=O) groups excluding carboxylic acids is 1. The van der Waals surface area contributed by atoms with Crippen molar-refractivity contribution in [2.45, 2.75) is 26.6 Å². The summed E-state index contributed by atoms with van der Waals surface area (Å²) < 4.78 is 9.67. The van der Waals surface area contributed by atoms with E-state index >= 15 is 0 Å². The molecule has 3 heterocycles. The van der Waals surface area contributed by atoms with E-state index in [-0.39, 0.29) is 5.91 Å². The number of rotatable bonds is 4. The van der Waals surface area contributed by atoms with Crippen LogP contribution < -0.4 is 4.74 Å². The van der Waals surface area contributed by atoms with Crippen molar-refractivity contribution in [3.05, 3.63) is 71.2 Å². The third kappa shape index (κ3) is 3.10. The van der Waals surface area contributed by atoms with Gasteiger partial charge < -0.3 is 14.2 Å². The van der Waals surface area contributed by atoms with Crippen molar-refractivity contribution in [3.63, 3.8) is 0 Å². The van der Waals surface area contributed by atoms with Gasteiger partial charge >= 0.3 is 0 Å². The highest BCUT2D eigenvalue weighted by atomic mass is 16.5. The van der Waals surface area contributed by atoms with Crippen LogP contribution in [0.3, 0.4) is 0 Å². The second-order valence-corrected chi connectivity index (χ2v) is 6.62. The highest BCUT2D eigenvalue weighted by Gasteiger charge is 2.25. The number of amides is 1. The lowest BCUT2D eigenvalue weighted by Crippen LogP contribution is -2.39. The lowest BCUT2D eigenvalue weighted by atomic mass is 10.2. The molecule has 4 rings (SSSR count). The van der Waals surface area contributed by atoms with E-state index in [0.717, 1.165) is 22.6 Å². The summed E-state index contributed by atoms with van der Waals surface area (Å²) in [5, 5.41) is 4.51. The van der Waals surface area contributed by atoms with E-state index in [2.05, 4.69) is 5.10 Å². The maximum absolute atomic E-state index is 12.8. The summed E-state index contributed by atoms with van der Waals surface area (Å²) in [6.45, 7) is 4.36. The third-order valence-corrected chi connectivity index (χ3v) is 4.88. The van der Waals surface area contributed by atoms with E-state index in [1.807, 2.05) is 76.7 Å². The third-order valence-electron chi connectivity index (χ3n) is 4.88. The number of aromatic nitrogens is 3. The van der Waals surface area contributed by atoms with E-state index < -0.39 is 0 Å². The lowest BCUT2D eigenvalue weighted by molar-refractivity contribution is 0.0696. The molecule has 0 atom stereocenters. The number of ether oxygens (including phenoxy) is 1. The quantitative estimate of drug-likeness (QED) is 0.727. The fourth-order valence-electron chi connectivity index (χ4n) is 3.21. The molecule has 6 heteroatoms. The minimum atomic E-state index is 0.0554. The fraction of sp³-hybridized carbons (Fsp3) is 0.300. The monoisotopic (exact) mass is 350 g/mol. The molecule has 0 spiro atoms. The zero-order valence-electron chi connectivity index (χ0n) is 15.1. The van der Waals surface area contributed by atoms with Crippen LogP contribution in [0.4, 0.5) is 0 Å². The second-order valence-electron chi connectivity index (χ2n) is 6.62. The van der Waals surface area contributed by atoms with Gasteiger partial charge in [-0.25, -0.2) is 0 Å². The Hall–Kier alpha value is -3.02. The molecule has 26 heavy (non-hydrogen) atoms.